The Morgan fingerprint density at radius 2 is 1.82 bits per heavy atom. The molecule has 22 heavy (non-hydrogen) atoms. The lowest BCUT2D eigenvalue weighted by molar-refractivity contribution is -0.121. The first-order valence-electron chi connectivity index (χ1n) is 7.44. The van der Waals surface area contributed by atoms with Gasteiger partial charge in [0, 0.05) is 25.4 Å². The van der Waals surface area contributed by atoms with Crippen LogP contribution in [0.25, 0.3) is 10.8 Å². The Hall–Kier alpha value is -2.68. The summed E-state index contributed by atoms with van der Waals surface area (Å²) in [6.45, 7) is 0.566. The van der Waals surface area contributed by atoms with Gasteiger partial charge in [0.15, 0.2) is 0 Å². The molecule has 0 aliphatic rings. The van der Waals surface area contributed by atoms with Crippen molar-refractivity contribution in [3.8, 4) is 0 Å². The van der Waals surface area contributed by atoms with Crippen LogP contribution in [-0.4, -0.2) is 10.9 Å². The van der Waals surface area contributed by atoms with Crippen molar-refractivity contribution in [2.75, 3.05) is 0 Å². The molecule has 0 radical (unpaired) electrons. The summed E-state index contributed by atoms with van der Waals surface area (Å²) in [4.78, 5) is 16.0. The number of amides is 1. The number of carbonyl (C=O) groups excluding carboxylic acids is 1. The van der Waals surface area contributed by atoms with E-state index in [0.717, 1.165) is 17.5 Å². The van der Waals surface area contributed by atoms with Crippen molar-refractivity contribution in [2.45, 2.75) is 19.4 Å². The molecule has 3 nitrogen and oxygen atoms in total. The van der Waals surface area contributed by atoms with Gasteiger partial charge in [-0.05, 0) is 40.5 Å². The van der Waals surface area contributed by atoms with Gasteiger partial charge in [-0.1, -0.05) is 42.5 Å². The lowest BCUT2D eigenvalue weighted by Crippen LogP contribution is -2.22. The zero-order valence-electron chi connectivity index (χ0n) is 12.3. The third-order valence-electron chi connectivity index (χ3n) is 3.67. The predicted octanol–water partition coefficient (Wildman–Crippen LogP) is 3.48. The summed E-state index contributed by atoms with van der Waals surface area (Å²) in [5.74, 6) is 0.0667. The Balaban J connectivity index is 1.53. The molecule has 1 N–H and O–H groups in total. The minimum absolute atomic E-state index is 0.0667. The average molecular weight is 290 g/mol. The summed E-state index contributed by atoms with van der Waals surface area (Å²) in [6, 6.07) is 18.4. The second-order valence-corrected chi connectivity index (χ2v) is 5.32. The van der Waals surface area contributed by atoms with Gasteiger partial charge in [-0.3, -0.25) is 9.78 Å². The first-order chi connectivity index (χ1) is 10.8. The zero-order valence-corrected chi connectivity index (χ0v) is 12.3. The quantitative estimate of drug-likeness (QED) is 0.781. The van der Waals surface area contributed by atoms with Crippen LogP contribution in [0.15, 0.2) is 67.0 Å². The van der Waals surface area contributed by atoms with Gasteiger partial charge in [-0.25, -0.2) is 0 Å². The molecule has 0 aliphatic heterocycles. The lowest BCUT2D eigenvalue weighted by atomic mass is 10.1. The standard InChI is InChI=1S/C19H18N2O/c22-19(10-8-15-4-3-11-20-13-15)21-14-16-7-9-17-5-1-2-6-18(17)12-16/h1-7,9,11-13H,8,10,14H2,(H,21,22). The van der Waals surface area contributed by atoms with Crippen molar-refractivity contribution < 1.29 is 4.79 Å². The van der Waals surface area contributed by atoms with Crippen molar-refractivity contribution in [3.63, 3.8) is 0 Å². The van der Waals surface area contributed by atoms with Gasteiger partial charge in [0.1, 0.15) is 0 Å². The first kappa shape index (κ1) is 14.3. The van der Waals surface area contributed by atoms with Gasteiger partial charge < -0.3 is 5.32 Å². The normalized spacial score (nSPS) is 10.5. The van der Waals surface area contributed by atoms with Crippen molar-refractivity contribution >= 4 is 16.7 Å². The molecule has 110 valence electrons. The van der Waals surface area contributed by atoms with E-state index in [1.54, 1.807) is 12.4 Å². The monoisotopic (exact) mass is 290 g/mol. The molecule has 3 heteroatoms. The molecule has 0 bridgehead atoms. The van der Waals surface area contributed by atoms with E-state index in [2.05, 4.69) is 40.6 Å². The van der Waals surface area contributed by atoms with Crippen LogP contribution in [0.5, 0.6) is 0 Å². The van der Waals surface area contributed by atoms with Crippen LogP contribution < -0.4 is 5.32 Å². The fourth-order valence-electron chi connectivity index (χ4n) is 2.44. The van der Waals surface area contributed by atoms with Gasteiger partial charge in [-0.2, -0.15) is 0 Å². The van der Waals surface area contributed by atoms with Gasteiger partial charge in [-0.15, -0.1) is 0 Å². The van der Waals surface area contributed by atoms with E-state index in [-0.39, 0.29) is 5.91 Å². The minimum Gasteiger partial charge on any atom is -0.352 e. The number of fused-ring (bicyclic) bond motifs is 1. The van der Waals surface area contributed by atoms with Gasteiger partial charge in [0.25, 0.3) is 0 Å². The SMILES string of the molecule is O=C(CCc1cccnc1)NCc1ccc2ccccc2c1. The molecule has 0 saturated heterocycles. The summed E-state index contributed by atoms with van der Waals surface area (Å²) < 4.78 is 0. The van der Waals surface area contributed by atoms with E-state index >= 15 is 0 Å². The minimum atomic E-state index is 0.0667. The molecule has 1 amide bonds. The number of nitrogens with one attached hydrogen (secondary N) is 1. The Labute approximate surface area is 130 Å². The van der Waals surface area contributed by atoms with Crippen LogP contribution in [0.3, 0.4) is 0 Å². The highest BCUT2D eigenvalue weighted by molar-refractivity contribution is 5.83. The van der Waals surface area contributed by atoms with Crippen LogP contribution in [0.4, 0.5) is 0 Å². The molecule has 0 atom stereocenters. The van der Waals surface area contributed by atoms with Crippen LogP contribution >= 0.6 is 0 Å². The highest BCUT2D eigenvalue weighted by Crippen LogP contribution is 2.15. The number of nitrogens with zero attached hydrogens (tertiary/aromatic N) is 1. The van der Waals surface area contributed by atoms with Crippen LogP contribution in [0, 0.1) is 0 Å². The molecule has 0 aliphatic carbocycles. The average Bonchev–Trinajstić information content (AvgIpc) is 2.59. The number of hydrogen-bond acceptors (Lipinski definition) is 2. The molecule has 0 unspecified atom stereocenters. The van der Waals surface area contributed by atoms with Gasteiger partial charge in [0.05, 0.1) is 0 Å². The maximum absolute atomic E-state index is 11.9. The summed E-state index contributed by atoms with van der Waals surface area (Å²) in [5, 5.41) is 5.39. The molecule has 2 aromatic carbocycles. The number of hydrogen-bond donors (Lipinski definition) is 1. The zero-order chi connectivity index (χ0) is 15.2. The maximum atomic E-state index is 11.9. The molecule has 1 aromatic heterocycles. The molecule has 3 rings (SSSR count). The fourth-order valence-corrected chi connectivity index (χ4v) is 2.44. The summed E-state index contributed by atoms with van der Waals surface area (Å²) in [5.41, 5.74) is 2.21. The molecular weight excluding hydrogens is 272 g/mol. The molecule has 1 heterocycles. The summed E-state index contributed by atoms with van der Waals surface area (Å²) in [6.07, 6.45) is 4.75. The van der Waals surface area contributed by atoms with E-state index in [4.69, 9.17) is 0 Å². The largest absolute Gasteiger partial charge is 0.352 e. The van der Waals surface area contributed by atoms with Crippen LogP contribution in [0.2, 0.25) is 0 Å². The highest BCUT2D eigenvalue weighted by atomic mass is 16.1. The summed E-state index contributed by atoms with van der Waals surface area (Å²) in [7, 11) is 0. The number of aryl methyl sites for hydroxylation is 1. The van der Waals surface area contributed by atoms with Crippen molar-refractivity contribution in [3.05, 3.63) is 78.1 Å². The van der Waals surface area contributed by atoms with Gasteiger partial charge >= 0.3 is 0 Å². The van der Waals surface area contributed by atoms with Gasteiger partial charge in [0.2, 0.25) is 5.91 Å². The number of aromatic nitrogens is 1. The number of benzene rings is 2. The van der Waals surface area contributed by atoms with E-state index in [9.17, 15) is 4.79 Å². The Bertz CT molecular complexity index is 769. The Morgan fingerprint density at radius 1 is 0.955 bits per heavy atom. The molecule has 3 aromatic rings. The number of carbonyl (C=O) groups is 1. The fraction of sp³-hybridized carbons (Fsp3) is 0.158. The predicted molar refractivity (Wildman–Crippen MR) is 88.4 cm³/mol. The lowest BCUT2D eigenvalue weighted by Gasteiger charge is -2.07. The van der Waals surface area contributed by atoms with Crippen LogP contribution in [-0.2, 0) is 17.8 Å². The Kier molecular flexibility index (Phi) is 4.44. The van der Waals surface area contributed by atoms with Crippen molar-refractivity contribution in [1.82, 2.24) is 10.3 Å². The summed E-state index contributed by atoms with van der Waals surface area (Å²) >= 11 is 0. The van der Waals surface area contributed by atoms with E-state index < -0.39 is 0 Å². The molecule has 0 saturated carbocycles. The van der Waals surface area contributed by atoms with E-state index in [1.165, 1.54) is 10.8 Å². The van der Waals surface area contributed by atoms with E-state index in [1.807, 2.05) is 24.3 Å². The Morgan fingerprint density at radius 3 is 2.64 bits per heavy atom. The second-order valence-electron chi connectivity index (χ2n) is 5.32. The van der Waals surface area contributed by atoms with Crippen molar-refractivity contribution in [2.24, 2.45) is 0 Å². The number of pyridine rings is 1. The third-order valence-corrected chi connectivity index (χ3v) is 3.67. The smallest absolute Gasteiger partial charge is 0.220 e. The number of rotatable bonds is 5. The molecule has 0 fully saturated rings. The highest BCUT2D eigenvalue weighted by Gasteiger charge is 2.03. The molecular formula is C19H18N2O. The maximum Gasteiger partial charge on any atom is 0.220 e. The van der Waals surface area contributed by atoms with Crippen molar-refractivity contribution in [1.29, 1.82) is 0 Å². The first-order valence-corrected chi connectivity index (χ1v) is 7.44. The third kappa shape index (κ3) is 3.70. The van der Waals surface area contributed by atoms with Crippen LogP contribution in [0.1, 0.15) is 17.5 Å². The second kappa shape index (κ2) is 6.85. The van der Waals surface area contributed by atoms with E-state index in [0.29, 0.717) is 13.0 Å². The topological polar surface area (TPSA) is 42.0 Å². The molecule has 0 spiro atoms.